The lowest BCUT2D eigenvalue weighted by Gasteiger charge is -2.17. The molecule has 0 aromatic carbocycles. The van der Waals surface area contributed by atoms with Crippen molar-refractivity contribution >= 4 is 12.6 Å². The second-order valence-electron chi connectivity index (χ2n) is 2.16. The quantitative estimate of drug-likeness (QED) is 0.453. The Bertz CT molecular complexity index is 241. The van der Waals surface area contributed by atoms with Crippen LogP contribution in [0, 0.1) is 0 Å². The number of rotatable bonds is 0. The smallest absolute Gasteiger partial charge is 0.194 e. The number of hydrogen-bond donors (Lipinski definition) is 1. The zero-order chi connectivity index (χ0) is 9.46. The Morgan fingerprint density at radius 2 is 1.42 bits per heavy atom. The SMILES string of the molecule is FC1=C(F)C(F)C(F)C(S)=C1F. The summed E-state index contributed by atoms with van der Waals surface area (Å²) in [6, 6.07) is 0. The fourth-order valence-electron chi connectivity index (χ4n) is 0.726. The van der Waals surface area contributed by atoms with Crippen LogP contribution < -0.4 is 0 Å². The highest BCUT2D eigenvalue weighted by atomic mass is 32.1. The fourth-order valence-corrected chi connectivity index (χ4v) is 0.956. The Morgan fingerprint density at radius 1 is 0.917 bits per heavy atom. The van der Waals surface area contributed by atoms with E-state index in [0.717, 1.165) is 0 Å². The van der Waals surface area contributed by atoms with Gasteiger partial charge in [0.1, 0.15) is 0 Å². The van der Waals surface area contributed by atoms with E-state index in [1.807, 2.05) is 0 Å². The Morgan fingerprint density at radius 3 is 1.92 bits per heavy atom. The van der Waals surface area contributed by atoms with Gasteiger partial charge in [0, 0.05) is 0 Å². The molecule has 0 saturated carbocycles. The van der Waals surface area contributed by atoms with Crippen LogP contribution in [-0.2, 0) is 0 Å². The average Bonchev–Trinajstić information content (AvgIpc) is 2.08. The summed E-state index contributed by atoms with van der Waals surface area (Å²) in [5.41, 5.74) is 0. The normalized spacial score (nSPS) is 31.5. The molecule has 0 radical (unpaired) electrons. The summed E-state index contributed by atoms with van der Waals surface area (Å²) in [6.45, 7) is 0. The van der Waals surface area contributed by atoms with Crippen LogP contribution >= 0.6 is 12.6 Å². The summed E-state index contributed by atoms with van der Waals surface area (Å²) in [7, 11) is 0. The molecule has 0 spiro atoms. The lowest BCUT2D eigenvalue weighted by atomic mass is 10.1. The van der Waals surface area contributed by atoms with Gasteiger partial charge in [-0.15, -0.1) is 12.6 Å². The highest BCUT2D eigenvalue weighted by Crippen LogP contribution is 2.37. The third kappa shape index (κ3) is 1.24. The molecule has 0 amide bonds. The number of allylic oxidation sites excluding steroid dienone is 4. The highest BCUT2D eigenvalue weighted by Gasteiger charge is 2.38. The first-order valence-corrected chi connectivity index (χ1v) is 3.33. The molecule has 2 unspecified atom stereocenters. The third-order valence-corrected chi connectivity index (χ3v) is 1.83. The van der Waals surface area contributed by atoms with E-state index in [1.165, 1.54) is 0 Å². The summed E-state index contributed by atoms with van der Waals surface area (Å²) >= 11 is 3.16. The molecule has 0 N–H and O–H groups in total. The van der Waals surface area contributed by atoms with Gasteiger partial charge in [-0.05, 0) is 0 Å². The molecular formula is C6H3F5S. The predicted molar refractivity (Wildman–Crippen MR) is 36.2 cm³/mol. The second kappa shape index (κ2) is 3.08. The molecular weight excluding hydrogens is 199 g/mol. The molecule has 1 aliphatic carbocycles. The molecule has 1 rings (SSSR count). The molecule has 6 heteroatoms. The summed E-state index contributed by atoms with van der Waals surface area (Å²) in [5.74, 6) is -5.85. The largest absolute Gasteiger partial charge is 0.238 e. The van der Waals surface area contributed by atoms with Gasteiger partial charge in [-0.2, -0.15) is 0 Å². The lowest BCUT2D eigenvalue weighted by molar-refractivity contribution is 0.190. The molecule has 0 saturated heterocycles. The molecule has 0 aliphatic heterocycles. The van der Waals surface area contributed by atoms with Crippen LogP contribution in [-0.4, -0.2) is 12.3 Å². The number of thiol groups is 1. The van der Waals surface area contributed by atoms with Gasteiger partial charge in [0.05, 0.1) is 4.91 Å². The van der Waals surface area contributed by atoms with E-state index in [1.54, 1.807) is 0 Å². The van der Waals surface area contributed by atoms with E-state index in [2.05, 4.69) is 12.6 Å². The van der Waals surface area contributed by atoms with E-state index >= 15 is 0 Å². The molecule has 0 nitrogen and oxygen atoms in total. The van der Waals surface area contributed by atoms with Crippen LogP contribution in [0.3, 0.4) is 0 Å². The maximum absolute atomic E-state index is 12.5. The maximum atomic E-state index is 12.5. The molecule has 0 aromatic rings. The minimum atomic E-state index is -2.79. The fraction of sp³-hybridized carbons (Fsp3) is 0.333. The zero-order valence-electron chi connectivity index (χ0n) is 5.49. The van der Waals surface area contributed by atoms with Gasteiger partial charge in [-0.1, -0.05) is 0 Å². The summed E-state index contributed by atoms with van der Waals surface area (Å²) in [5, 5.41) is 0. The Kier molecular flexibility index (Phi) is 2.46. The molecule has 12 heavy (non-hydrogen) atoms. The molecule has 0 aromatic heterocycles. The van der Waals surface area contributed by atoms with E-state index in [9.17, 15) is 22.0 Å². The van der Waals surface area contributed by atoms with Gasteiger partial charge in [0.25, 0.3) is 0 Å². The zero-order valence-corrected chi connectivity index (χ0v) is 6.39. The lowest BCUT2D eigenvalue weighted by Crippen LogP contribution is -2.23. The minimum absolute atomic E-state index is 1.05. The number of hydrogen-bond acceptors (Lipinski definition) is 1. The van der Waals surface area contributed by atoms with E-state index in [4.69, 9.17) is 0 Å². The number of halogens is 5. The molecule has 0 fully saturated rings. The Labute approximate surface area is 70.2 Å². The average molecular weight is 202 g/mol. The van der Waals surface area contributed by atoms with Crippen LogP contribution in [0.1, 0.15) is 0 Å². The summed E-state index contributed by atoms with van der Waals surface area (Å²) in [6.07, 6.45) is -5.36. The molecule has 0 heterocycles. The van der Waals surface area contributed by atoms with E-state index in [-0.39, 0.29) is 0 Å². The molecule has 0 bridgehead atoms. The van der Waals surface area contributed by atoms with Gasteiger partial charge < -0.3 is 0 Å². The predicted octanol–water partition coefficient (Wildman–Crippen LogP) is 2.94. The Balaban J connectivity index is 3.18. The van der Waals surface area contributed by atoms with Crippen molar-refractivity contribution in [2.75, 3.05) is 0 Å². The van der Waals surface area contributed by atoms with Gasteiger partial charge in [0.15, 0.2) is 29.8 Å². The van der Waals surface area contributed by atoms with Crippen LogP contribution in [0.25, 0.3) is 0 Å². The van der Waals surface area contributed by atoms with E-state index < -0.39 is 34.7 Å². The van der Waals surface area contributed by atoms with Crippen molar-refractivity contribution < 1.29 is 22.0 Å². The van der Waals surface area contributed by atoms with Gasteiger partial charge in [0.2, 0.25) is 0 Å². The molecule has 1 aliphatic rings. The van der Waals surface area contributed by atoms with Crippen molar-refractivity contribution in [2.45, 2.75) is 12.3 Å². The van der Waals surface area contributed by atoms with Gasteiger partial charge in [-0.3, -0.25) is 0 Å². The van der Waals surface area contributed by atoms with Crippen LogP contribution in [0.4, 0.5) is 22.0 Å². The minimum Gasteiger partial charge on any atom is -0.238 e. The van der Waals surface area contributed by atoms with Crippen molar-refractivity contribution in [2.24, 2.45) is 0 Å². The molecule has 2 atom stereocenters. The first-order chi connectivity index (χ1) is 5.46. The summed E-state index contributed by atoms with van der Waals surface area (Å²) in [4.78, 5) is -1.05. The Hall–Kier alpha value is -0.520. The monoisotopic (exact) mass is 202 g/mol. The van der Waals surface area contributed by atoms with Crippen LogP contribution in [0.15, 0.2) is 22.4 Å². The topological polar surface area (TPSA) is 0 Å². The first kappa shape index (κ1) is 9.57. The van der Waals surface area contributed by atoms with Gasteiger partial charge >= 0.3 is 0 Å². The number of alkyl halides is 2. The van der Waals surface area contributed by atoms with Crippen molar-refractivity contribution in [3.8, 4) is 0 Å². The second-order valence-corrected chi connectivity index (χ2v) is 2.65. The van der Waals surface area contributed by atoms with Crippen LogP contribution in [0.5, 0.6) is 0 Å². The third-order valence-electron chi connectivity index (χ3n) is 1.39. The first-order valence-electron chi connectivity index (χ1n) is 2.89. The van der Waals surface area contributed by atoms with Crippen molar-refractivity contribution in [1.29, 1.82) is 0 Å². The van der Waals surface area contributed by atoms with Crippen LogP contribution in [0.2, 0.25) is 0 Å². The highest BCUT2D eigenvalue weighted by molar-refractivity contribution is 7.84. The maximum Gasteiger partial charge on any atom is 0.194 e. The van der Waals surface area contributed by atoms with Crippen molar-refractivity contribution in [1.82, 2.24) is 0 Å². The van der Waals surface area contributed by atoms with Crippen molar-refractivity contribution in [3.05, 3.63) is 22.4 Å². The standard InChI is InChI=1S/C6H3F5S/c7-1-2(8)4(10)6(12)5(11)3(1)9/h2,4,12H. The summed E-state index contributed by atoms with van der Waals surface area (Å²) < 4.78 is 61.7. The van der Waals surface area contributed by atoms with E-state index in [0.29, 0.717) is 0 Å². The van der Waals surface area contributed by atoms with Crippen molar-refractivity contribution in [3.63, 3.8) is 0 Å². The van der Waals surface area contributed by atoms with Gasteiger partial charge in [-0.25, -0.2) is 22.0 Å². The molecule has 68 valence electrons.